The second kappa shape index (κ2) is 5.92. The van der Waals surface area contributed by atoms with Gasteiger partial charge in [0.05, 0.1) is 0 Å². The molecule has 0 saturated carbocycles. The minimum atomic E-state index is 0.794. The Bertz CT molecular complexity index is 760. The molecule has 1 aromatic heterocycles. The SMILES string of the molecule is CCNc1cc(CC)nc(-c2cccc3ccccc23)n1. The van der Waals surface area contributed by atoms with E-state index in [0.29, 0.717) is 0 Å². The van der Waals surface area contributed by atoms with E-state index in [1.54, 1.807) is 0 Å². The van der Waals surface area contributed by atoms with Gasteiger partial charge in [0.15, 0.2) is 5.82 Å². The van der Waals surface area contributed by atoms with Crippen molar-refractivity contribution < 1.29 is 0 Å². The molecule has 1 N–H and O–H groups in total. The van der Waals surface area contributed by atoms with Crippen LogP contribution in [0.5, 0.6) is 0 Å². The quantitative estimate of drug-likeness (QED) is 0.773. The van der Waals surface area contributed by atoms with Gasteiger partial charge in [0.2, 0.25) is 0 Å². The Morgan fingerprint density at radius 2 is 1.76 bits per heavy atom. The highest BCUT2D eigenvalue weighted by Gasteiger charge is 2.09. The van der Waals surface area contributed by atoms with E-state index in [1.165, 1.54) is 10.8 Å². The molecule has 0 unspecified atom stereocenters. The van der Waals surface area contributed by atoms with Crippen LogP contribution >= 0.6 is 0 Å². The van der Waals surface area contributed by atoms with Crippen molar-refractivity contribution in [3.05, 3.63) is 54.2 Å². The van der Waals surface area contributed by atoms with Gasteiger partial charge in [0, 0.05) is 23.9 Å². The summed E-state index contributed by atoms with van der Waals surface area (Å²) >= 11 is 0. The summed E-state index contributed by atoms with van der Waals surface area (Å²) in [5.41, 5.74) is 2.14. The summed E-state index contributed by atoms with van der Waals surface area (Å²) in [5.74, 6) is 1.69. The Kier molecular flexibility index (Phi) is 3.82. The van der Waals surface area contributed by atoms with Crippen LogP contribution in [0.4, 0.5) is 5.82 Å². The van der Waals surface area contributed by atoms with Crippen molar-refractivity contribution in [1.82, 2.24) is 9.97 Å². The molecule has 3 rings (SSSR count). The van der Waals surface area contributed by atoms with E-state index >= 15 is 0 Å². The topological polar surface area (TPSA) is 37.8 Å². The standard InChI is InChI=1S/C18H19N3/c1-3-14-12-17(19-4-2)21-18(20-14)16-11-7-9-13-8-5-6-10-15(13)16/h5-12H,3-4H2,1-2H3,(H,19,20,21). The molecule has 0 bridgehead atoms. The highest BCUT2D eigenvalue weighted by molar-refractivity contribution is 5.95. The first-order chi connectivity index (χ1) is 10.3. The average Bonchev–Trinajstić information content (AvgIpc) is 2.54. The van der Waals surface area contributed by atoms with Gasteiger partial charge in [-0.1, -0.05) is 49.4 Å². The zero-order valence-corrected chi connectivity index (χ0v) is 12.4. The van der Waals surface area contributed by atoms with E-state index in [2.05, 4.69) is 66.6 Å². The molecule has 3 aromatic rings. The zero-order chi connectivity index (χ0) is 14.7. The third kappa shape index (κ3) is 2.72. The minimum Gasteiger partial charge on any atom is -0.370 e. The van der Waals surface area contributed by atoms with Crippen LogP contribution in [-0.2, 0) is 6.42 Å². The number of anilines is 1. The van der Waals surface area contributed by atoms with E-state index in [1.807, 2.05) is 6.07 Å². The fraction of sp³-hybridized carbons (Fsp3) is 0.222. The molecule has 2 aromatic carbocycles. The van der Waals surface area contributed by atoms with E-state index in [0.717, 1.165) is 35.9 Å². The fourth-order valence-electron chi connectivity index (χ4n) is 2.49. The summed E-state index contributed by atoms with van der Waals surface area (Å²) in [4.78, 5) is 9.37. The van der Waals surface area contributed by atoms with Gasteiger partial charge in [0.1, 0.15) is 5.82 Å². The maximum atomic E-state index is 4.70. The number of aromatic nitrogens is 2. The molecule has 0 atom stereocenters. The van der Waals surface area contributed by atoms with E-state index < -0.39 is 0 Å². The number of nitrogens with one attached hydrogen (secondary N) is 1. The number of nitrogens with zero attached hydrogens (tertiary/aromatic N) is 2. The Morgan fingerprint density at radius 3 is 2.57 bits per heavy atom. The summed E-state index contributed by atoms with van der Waals surface area (Å²) in [6.45, 7) is 5.05. The van der Waals surface area contributed by atoms with Crippen LogP contribution in [0.25, 0.3) is 22.2 Å². The molecule has 106 valence electrons. The molecule has 0 aliphatic rings. The van der Waals surface area contributed by atoms with E-state index in [-0.39, 0.29) is 0 Å². The summed E-state index contributed by atoms with van der Waals surface area (Å²) in [7, 11) is 0. The maximum absolute atomic E-state index is 4.70. The molecule has 3 heteroatoms. The smallest absolute Gasteiger partial charge is 0.162 e. The summed E-state index contributed by atoms with van der Waals surface area (Å²) in [6, 6.07) is 16.7. The molecule has 0 amide bonds. The number of benzene rings is 2. The van der Waals surface area contributed by atoms with E-state index in [9.17, 15) is 0 Å². The van der Waals surface area contributed by atoms with Crippen molar-refractivity contribution in [3.8, 4) is 11.4 Å². The summed E-state index contributed by atoms with van der Waals surface area (Å²) < 4.78 is 0. The molecular weight excluding hydrogens is 258 g/mol. The van der Waals surface area contributed by atoms with Crippen LogP contribution in [0, 0.1) is 0 Å². The fourth-order valence-corrected chi connectivity index (χ4v) is 2.49. The number of aryl methyl sites for hydroxylation is 1. The molecule has 0 fully saturated rings. The van der Waals surface area contributed by atoms with Gasteiger partial charge in [-0.25, -0.2) is 9.97 Å². The maximum Gasteiger partial charge on any atom is 0.162 e. The van der Waals surface area contributed by atoms with Crippen molar-refractivity contribution in [2.75, 3.05) is 11.9 Å². The highest BCUT2D eigenvalue weighted by atomic mass is 15.0. The van der Waals surface area contributed by atoms with Crippen LogP contribution < -0.4 is 5.32 Å². The lowest BCUT2D eigenvalue weighted by Crippen LogP contribution is -2.03. The van der Waals surface area contributed by atoms with Crippen molar-refractivity contribution in [2.45, 2.75) is 20.3 Å². The number of fused-ring (bicyclic) bond motifs is 1. The van der Waals surface area contributed by atoms with Gasteiger partial charge in [-0.3, -0.25) is 0 Å². The second-order valence-electron chi connectivity index (χ2n) is 4.98. The summed E-state index contributed by atoms with van der Waals surface area (Å²) in [6.07, 6.45) is 0.901. The molecule has 1 heterocycles. The van der Waals surface area contributed by atoms with Gasteiger partial charge in [0.25, 0.3) is 0 Å². The van der Waals surface area contributed by atoms with Crippen LogP contribution in [0.2, 0.25) is 0 Å². The highest BCUT2D eigenvalue weighted by Crippen LogP contribution is 2.27. The molecular formula is C18H19N3. The van der Waals surface area contributed by atoms with E-state index in [4.69, 9.17) is 4.98 Å². The first-order valence-corrected chi connectivity index (χ1v) is 7.41. The molecule has 0 spiro atoms. The zero-order valence-electron chi connectivity index (χ0n) is 12.4. The van der Waals surface area contributed by atoms with Gasteiger partial charge in [-0.2, -0.15) is 0 Å². The Morgan fingerprint density at radius 1 is 0.952 bits per heavy atom. The van der Waals surface area contributed by atoms with Crippen LogP contribution in [0.1, 0.15) is 19.5 Å². The van der Waals surface area contributed by atoms with Crippen molar-refractivity contribution in [2.24, 2.45) is 0 Å². The minimum absolute atomic E-state index is 0.794. The third-order valence-corrected chi connectivity index (χ3v) is 3.53. The van der Waals surface area contributed by atoms with Crippen LogP contribution in [0.3, 0.4) is 0 Å². The van der Waals surface area contributed by atoms with Gasteiger partial charge < -0.3 is 5.32 Å². The first-order valence-electron chi connectivity index (χ1n) is 7.41. The molecule has 0 radical (unpaired) electrons. The monoisotopic (exact) mass is 277 g/mol. The van der Waals surface area contributed by atoms with Crippen LogP contribution in [-0.4, -0.2) is 16.5 Å². The predicted octanol–water partition coefficient (Wildman–Crippen LogP) is 4.29. The molecule has 0 aliphatic heterocycles. The Labute approximate surface area is 125 Å². The number of hydrogen-bond acceptors (Lipinski definition) is 3. The number of rotatable bonds is 4. The lowest BCUT2D eigenvalue weighted by molar-refractivity contribution is 0.999. The van der Waals surface area contributed by atoms with Crippen molar-refractivity contribution in [3.63, 3.8) is 0 Å². The largest absolute Gasteiger partial charge is 0.370 e. The lowest BCUT2D eigenvalue weighted by Gasteiger charge is -2.10. The third-order valence-electron chi connectivity index (χ3n) is 3.53. The summed E-state index contributed by atoms with van der Waals surface area (Å²) in [5, 5.41) is 5.69. The Hall–Kier alpha value is -2.42. The van der Waals surface area contributed by atoms with Gasteiger partial charge in [-0.15, -0.1) is 0 Å². The molecule has 21 heavy (non-hydrogen) atoms. The predicted molar refractivity (Wildman–Crippen MR) is 88.5 cm³/mol. The molecule has 0 aliphatic carbocycles. The average molecular weight is 277 g/mol. The normalized spacial score (nSPS) is 10.8. The molecule has 3 nitrogen and oxygen atoms in total. The molecule has 0 saturated heterocycles. The first kappa shape index (κ1) is 13.6. The Balaban J connectivity index is 2.20. The number of hydrogen-bond donors (Lipinski definition) is 1. The van der Waals surface area contributed by atoms with Crippen LogP contribution in [0.15, 0.2) is 48.5 Å². The van der Waals surface area contributed by atoms with Gasteiger partial charge >= 0.3 is 0 Å². The van der Waals surface area contributed by atoms with Crippen molar-refractivity contribution in [1.29, 1.82) is 0 Å². The second-order valence-corrected chi connectivity index (χ2v) is 4.98. The van der Waals surface area contributed by atoms with Gasteiger partial charge in [-0.05, 0) is 24.1 Å². The lowest BCUT2D eigenvalue weighted by atomic mass is 10.0. The van der Waals surface area contributed by atoms with Crippen molar-refractivity contribution >= 4 is 16.6 Å².